The molecule has 4 heteroatoms. The van der Waals surface area contributed by atoms with Gasteiger partial charge in [-0.15, -0.1) is 0 Å². The molecule has 1 aliphatic rings. The second kappa shape index (κ2) is 6.07. The summed E-state index contributed by atoms with van der Waals surface area (Å²) in [5.74, 6) is 0.867. The Kier molecular flexibility index (Phi) is 4.45. The highest BCUT2D eigenvalue weighted by Gasteiger charge is 2.25. The first-order chi connectivity index (χ1) is 8.35. The average Bonchev–Trinajstić information content (AvgIpc) is 2.33. The predicted octanol–water partition coefficient (Wildman–Crippen LogP) is 1.60. The first-order valence-corrected chi connectivity index (χ1v) is 6.55. The quantitative estimate of drug-likeness (QED) is 0.812. The van der Waals surface area contributed by atoms with Crippen molar-refractivity contribution in [1.29, 1.82) is 0 Å². The first-order valence-electron chi connectivity index (χ1n) is 6.55. The lowest BCUT2D eigenvalue weighted by atomic mass is 9.84. The summed E-state index contributed by atoms with van der Waals surface area (Å²) in [6.07, 6.45) is 7.54. The zero-order valence-electron chi connectivity index (χ0n) is 10.5. The molecule has 1 atom stereocenters. The lowest BCUT2D eigenvalue weighted by Crippen LogP contribution is -2.39. The second-order valence-electron chi connectivity index (χ2n) is 4.77. The molecule has 0 radical (unpaired) electrons. The Morgan fingerprint density at radius 3 is 2.82 bits per heavy atom. The third-order valence-corrected chi connectivity index (χ3v) is 3.73. The average molecular weight is 234 g/mol. The third-order valence-electron chi connectivity index (χ3n) is 3.73. The van der Waals surface area contributed by atoms with Gasteiger partial charge in [0.25, 0.3) is 0 Å². The summed E-state index contributed by atoms with van der Waals surface area (Å²) < 4.78 is 0. The summed E-state index contributed by atoms with van der Waals surface area (Å²) in [6, 6.07) is 2.21. The van der Waals surface area contributed by atoms with Crippen LogP contribution in [0.5, 0.6) is 0 Å². The van der Waals surface area contributed by atoms with Gasteiger partial charge in [-0.3, -0.25) is 4.90 Å². The molecule has 2 N–H and O–H groups in total. The fourth-order valence-electron chi connectivity index (χ4n) is 2.44. The molecule has 1 unspecified atom stereocenters. The number of nitrogens with zero attached hydrogens (tertiary/aromatic N) is 3. The van der Waals surface area contributed by atoms with Crippen molar-refractivity contribution in [3.05, 3.63) is 24.3 Å². The number of likely N-dealkylation sites (N-methyl/N-ethyl adjacent to an activating group) is 1. The van der Waals surface area contributed by atoms with E-state index >= 15 is 0 Å². The van der Waals surface area contributed by atoms with E-state index in [4.69, 9.17) is 5.73 Å². The van der Waals surface area contributed by atoms with E-state index in [0.717, 1.165) is 24.7 Å². The van der Waals surface area contributed by atoms with Gasteiger partial charge >= 0.3 is 0 Å². The van der Waals surface area contributed by atoms with E-state index in [1.807, 2.05) is 6.07 Å². The van der Waals surface area contributed by atoms with Gasteiger partial charge in [0.05, 0.1) is 11.7 Å². The molecule has 1 aromatic rings. The molecular weight excluding hydrogens is 212 g/mol. The molecule has 1 heterocycles. The van der Waals surface area contributed by atoms with Crippen molar-refractivity contribution in [3.8, 4) is 0 Å². The topological polar surface area (TPSA) is 55.0 Å². The maximum Gasteiger partial charge on any atom is 0.115 e. The number of rotatable bonds is 6. The van der Waals surface area contributed by atoms with Crippen LogP contribution >= 0.6 is 0 Å². The smallest absolute Gasteiger partial charge is 0.115 e. The molecule has 1 aromatic heterocycles. The van der Waals surface area contributed by atoms with Crippen molar-refractivity contribution >= 4 is 0 Å². The van der Waals surface area contributed by atoms with Crippen LogP contribution in [0.3, 0.4) is 0 Å². The van der Waals surface area contributed by atoms with Crippen LogP contribution in [-0.4, -0.2) is 34.5 Å². The molecule has 0 saturated heterocycles. The number of hydrogen-bond donors (Lipinski definition) is 1. The van der Waals surface area contributed by atoms with E-state index < -0.39 is 0 Å². The number of aromatic nitrogens is 2. The highest BCUT2D eigenvalue weighted by molar-refractivity contribution is 5.06. The van der Waals surface area contributed by atoms with E-state index in [1.165, 1.54) is 19.3 Å². The Morgan fingerprint density at radius 2 is 2.35 bits per heavy atom. The van der Waals surface area contributed by atoms with Gasteiger partial charge in [0.2, 0.25) is 0 Å². The van der Waals surface area contributed by atoms with Crippen molar-refractivity contribution in [2.45, 2.75) is 32.2 Å². The van der Waals surface area contributed by atoms with E-state index in [0.29, 0.717) is 6.54 Å². The van der Waals surface area contributed by atoms with Gasteiger partial charge in [-0.1, -0.05) is 13.3 Å². The fourth-order valence-corrected chi connectivity index (χ4v) is 2.44. The van der Waals surface area contributed by atoms with Gasteiger partial charge in [0.15, 0.2) is 0 Å². The molecule has 0 spiro atoms. The molecule has 4 nitrogen and oxygen atoms in total. The molecule has 0 bridgehead atoms. The van der Waals surface area contributed by atoms with Crippen molar-refractivity contribution in [2.24, 2.45) is 11.7 Å². The molecular formula is C13H22N4. The van der Waals surface area contributed by atoms with Crippen LogP contribution in [0.4, 0.5) is 0 Å². The Bertz CT molecular complexity index is 323. The molecule has 2 rings (SSSR count). The number of nitrogens with two attached hydrogens (primary N) is 1. The normalized spacial score (nSPS) is 18.1. The van der Waals surface area contributed by atoms with Crippen molar-refractivity contribution < 1.29 is 0 Å². The van der Waals surface area contributed by atoms with Crippen LogP contribution in [0.1, 0.15) is 37.9 Å². The summed E-state index contributed by atoms with van der Waals surface area (Å²) in [6.45, 7) is 5.00. The van der Waals surface area contributed by atoms with Gasteiger partial charge in [-0.25, -0.2) is 9.97 Å². The summed E-state index contributed by atoms with van der Waals surface area (Å²) >= 11 is 0. The fraction of sp³-hybridized carbons (Fsp3) is 0.692. The molecule has 94 valence electrons. The summed E-state index contributed by atoms with van der Waals surface area (Å²) in [4.78, 5) is 10.8. The number of hydrogen-bond acceptors (Lipinski definition) is 4. The minimum absolute atomic E-state index is 0.239. The summed E-state index contributed by atoms with van der Waals surface area (Å²) in [5, 5.41) is 0. The predicted molar refractivity (Wildman–Crippen MR) is 68.4 cm³/mol. The van der Waals surface area contributed by atoms with E-state index in [2.05, 4.69) is 21.8 Å². The monoisotopic (exact) mass is 234 g/mol. The summed E-state index contributed by atoms with van der Waals surface area (Å²) in [5.41, 5.74) is 6.96. The van der Waals surface area contributed by atoms with Crippen LogP contribution in [0.15, 0.2) is 18.6 Å². The van der Waals surface area contributed by atoms with Crippen LogP contribution in [0.2, 0.25) is 0 Å². The second-order valence-corrected chi connectivity index (χ2v) is 4.77. The van der Waals surface area contributed by atoms with Crippen LogP contribution in [-0.2, 0) is 0 Å². The van der Waals surface area contributed by atoms with Gasteiger partial charge in [0, 0.05) is 19.3 Å². The van der Waals surface area contributed by atoms with Crippen molar-refractivity contribution in [2.75, 3.05) is 19.6 Å². The van der Waals surface area contributed by atoms with Gasteiger partial charge in [0.1, 0.15) is 6.33 Å². The molecule has 0 aromatic carbocycles. The van der Waals surface area contributed by atoms with Crippen LogP contribution < -0.4 is 5.73 Å². The van der Waals surface area contributed by atoms with Crippen molar-refractivity contribution in [1.82, 2.24) is 14.9 Å². The third kappa shape index (κ3) is 3.01. The molecule has 1 fully saturated rings. The SMILES string of the molecule is CCN(CC1CCC1)C(CN)c1ccncn1. The maximum atomic E-state index is 5.91. The highest BCUT2D eigenvalue weighted by Crippen LogP contribution is 2.29. The lowest BCUT2D eigenvalue weighted by molar-refractivity contribution is 0.139. The van der Waals surface area contributed by atoms with Gasteiger partial charge in [-0.05, 0) is 31.4 Å². The maximum absolute atomic E-state index is 5.91. The van der Waals surface area contributed by atoms with Gasteiger partial charge in [-0.2, -0.15) is 0 Å². The Balaban J connectivity index is 2.03. The molecule has 17 heavy (non-hydrogen) atoms. The first kappa shape index (κ1) is 12.5. The Morgan fingerprint density at radius 1 is 1.53 bits per heavy atom. The Hall–Kier alpha value is -1.00. The van der Waals surface area contributed by atoms with Crippen molar-refractivity contribution in [3.63, 3.8) is 0 Å². The van der Waals surface area contributed by atoms with Crippen LogP contribution in [0, 0.1) is 5.92 Å². The zero-order valence-corrected chi connectivity index (χ0v) is 10.5. The van der Waals surface area contributed by atoms with Crippen LogP contribution in [0.25, 0.3) is 0 Å². The standard InChI is InChI=1S/C13H22N4/c1-2-17(9-11-4-3-5-11)13(8-14)12-6-7-15-10-16-12/h6-7,10-11,13H,2-5,8-9,14H2,1H3. The molecule has 1 saturated carbocycles. The van der Waals surface area contributed by atoms with E-state index in [1.54, 1.807) is 12.5 Å². The minimum Gasteiger partial charge on any atom is -0.329 e. The molecule has 0 amide bonds. The highest BCUT2D eigenvalue weighted by atomic mass is 15.2. The molecule has 0 aliphatic heterocycles. The largest absolute Gasteiger partial charge is 0.329 e. The molecule has 1 aliphatic carbocycles. The minimum atomic E-state index is 0.239. The van der Waals surface area contributed by atoms with Gasteiger partial charge < -0.3 is 5.73 Å². The Labute approximate surface area is 103 Å². The zero-order chi connectivity index (χ0) is 12.1. The van der Waals surface area contributed by atoms with E-state index in [9.17, 15) is 0 Å². The van der Waals surface area contributed by atoms with E-state index in [-0.39, 0.29) is 6.04 Å². The summed E-state index contributed by atoms with van der Waals surface area (Å²) in [7, 11) is 0. The lowest BCUT2D eigenvalue weighted by Gasteiger charge is -2.36.